The summed E-state index contributed by atoms with van der Waals surface area (Å²) in [6.45, 7) is 1.67. The van der Waals surface area contributed by atoms with Gasteiger partial charge in [-0.2, -0.15) is 0 Å². The Labute approximate surface area is 107 Å². The van der Waals surface area contributed by atoms with Gasteiger partial charge in [-0.1, -0.05) is 0 Å². The Morgan fingerprint density at radius 2 is 2.00 bits per heavy atom. The lowest BCUT2D eigenvalue weighted by Gasteiger charge is -2.12. The normalized spacial score (nSPS) is 10.7. The standard InChI is InChI=1S/C13H10ClF2NO/c1-8-4-13(18)9(6-14)7-17(8)12-3-2-10(15)5-11(12)16/h2-5,7H,6H2,1H3. The molecule has 2 rings (SSSR count). The lowest BCUT2D eigenvalue weighted by Crippen LogP contribution is -2.13. The molecule has 1 heterocycles. The van der Waals surface area contributed by atoms with Gasteiger partial charge in [-0.15, -0.1) is 11.6 Å². The molecule has 0 aliphatic heterocycles. The second-order valence-corrected chi connectivity index (χ2v) is 4.17. The highest BCUT2D eigenvalue weighted by molar-refractivity contribution is 6.17. The van der Waals surface area contributed by atoms with Crippen LogP contribution in [-0.4, -0.2) is 4.57 Å². The zero-order valence-electron chi connectivity index (χ0n) is 9.58. The highest BCUT2D eigenvalue weighted by Gasteiger charge is 2.09. The third-order valence-electron chi connectivity index (χ3n) is 2.63. The highest BCUT2D eigenvalue weighted by Crippen LogP contribution is 2.17. The number of pyridine rings is 1. The number of aryl methyl sites for hydroxylation is 1. The van der Waals surface area contributed by atoms with Crippen LogP contribution in [0.2, 0.25) is 0 Å². The predicted octanol–water partition coefficient (Wildman–Crippen LogP) is 3.16. The van der Waals surface area contributed by atoms with Crippen molar-refractivity contribution < 1.29 is 8.78 Å². The molecule has 2 aromatic rings. The van der Waals surface area contributed by atoms with Gasteiger partial charge in [-0.05, 0) is 19.1 Å². The maximum absolute atomic E-state index is 13.7. The van der Waals surface area contributed by atoms with Crippen LogP contribution in [0.5, 0.6) is 0 Å². The first-order valence-electron chi connectivity index (χ1n) is 5.26. The molecular weight excluding hydrogens is 260 g/mol. The first-order valence-corrected chi connectivity index (χ1v) is 5.80. The predicted molar refractivity (Wildman–Crippen MR) is 66.2 cm³/mol. The van der Waals surface area contributed by atoms with Crippen molar-refractivity contribution in [3.05, 3.63) is 63.6 Å². The lowest BCUT2D eigenvalue weighted by molar-refractivity contribution is 0.576. The topological polar surface area (TPSA) is 22.0 Å². The number of benzene rings is 1. The summed E-state index contributed by atoms with van der Waals surface area (Å²) in [6, 6.07) is 4.66. The molecule has 94 valence electrons. The van der Waals surface area contributed by atoms with Crippen molar-refractivity contribution in [3.8, 4) is 5.69 Å². The van der Waals surface area contributed by atoms with E-state index in [0.717, 1.165) is 12.1 Å². The van der Waals surface area contributed by atoms with Gasteiger partial charge < -0.3 is 4.57 Å². The number of alkyl halides is 1. The quantitative estimate of drug-likeness (QED) is 0.768. The largest absolute Gasteiger partial charge is 0.318 e. The van der Waals surface area contributed by atoms with E-state index in [4.69, 9.17) is 11.6 Å². The van der Waals surface area contributed by atoms with Gasteiger partial charge in [0.1, 0.15) is 11.6 Å². The van der Waals surface area contributed by atoms with Crippen molar-refractivity contribution in [2.45, 2.75) is 12.8 Å². The molecule has 1 aromatic carbocycles. The summed E-state index contributed by atoms with van der Waals surface area (Å²) < 4.78 is 28.0. The van der Waals surface area contributed by atoms with E-state index in [1.54, 1.807) is 6.92 Å². The fourth-order valence-electron chi connectivity index (χ4n) is 1.71. The second kappa shape index (κ2) is 4.90. The third-order valence-corrected chi connectivity index (χ3v) is 2.92. The van der Waals surface area contributed by atoms with Gasteiger partial charge in [0.05, 0.1) is 11.6 Å². The minimum absolute atomic E-state index is 0.0436. The summed E-state index contributed by atoms with van der Waals surface area (Å²) in [4.78, 5) is 11.5. The van der Waals surface area contributed by atoms with E-state index >= 15 is 0 Å². The van der Waals surface area contributed by atoms with Crippen LogP contribution in [0.25, 0.3) is 5.69 Å². The molecule has 0 bridgehead atoms. The summed E-state index contributed by atoms with van der Waals surface area (Å²) in [5.41, 5.74) is 0.909. The van der Waals surface area contributed by atoms with Crippen LogP contribution in [-0.2, 0) is 5.88 Å². The van der Waals surface area contributed by atoms with Crippen molar-refractivity contribution >= 4 is 11.6 Å². The average Bonchev–Trinajstić information content (AvgIpc) is 2.30. The molecule has 0 unspecified atom stereocenters. The molecule has 0 aliphatic rings. The molecule has 18 heavy (non-hydrogen) atoms. The molecule has 0 spiro atoms. The van der Waals surface area contributed by atoms with Crippen LogP contribution < -0.4 is 5.43 Å². The van der Waals surface area contributed by atoms with Gasteiger partial charge >= 0.3 is 0 Å². The van der Waals surface area contributed by atoms with Gasteiger partial charge in [-0.25, -0.2) is 8.78 Å². The van der Waals surface area contributed by atoms with E-state index in [1.807, 2.05) is 0 Å². The van der Waals surface area contributed by atoms with Crippen molar-refractivity contribution in [2.24, 2.45) is 0 Å². The lowest BCUT2D eigenvalue weighted by atomic mass is 10.2. The SMILES string of the molecule is Cc1cc(=O)c(CCl)cn1-c1ccc(F)cc1F. The zero-order chi connectivity index (χ0) is 13.3. The molecule has 0 saturated carbocycles. The Balaban J connectivity index is 2.67. The van der Waals surface area contributed by atoms with Crippen molar-refractivity contribution in [1.29, 1.82) is 0 Å². The fraction of sp³-hybridized carbons (Fsp3) is 0.154. The van der Waals surface area contributed by atoms with Crippen molar-refractivity contribution in [2.75, 3.05) is 0 Å². The van der Waals surface area contributed by atoms with Crippen molar-refractivity contribution in [1.82, 2.24) is 4.57 Å². The molecule has 0 radical (unpaired) electrons. The maximum Gasteiger partial charge on any atom is 0.186 e. The summed E-state index contributed by atoms with van der Waals surface area (Å²) in [5.74, 6) is -1.29. The smallest absolute Gasteiger partial charge is 0.186 e. The van der Waals surface area contributed by atoms with Gasteiger partial charge in [0.15, 0.2) is 5.43 Å². The molecular formula is C13H10ClF2NO. The van der Waals surface area contributed by atoms with Crippen LogP contribution in [0, 0.1) is 18.6 Å². The van der Waals surface area contributed by atoms with Crippen LogP contribution in [0.1, 0.15) is 11.3 Å². The van der Waals surface area contributed by atoms with E-state index in [1.165, 1.54) is 22.9 Å². The number of hydrogen-bond acceptors (Lipinski definition) is 1. The first kappa shape index (κ1) is 12.8. The van der Waals surface area contributed by atoms with Crippen LogP contribution in [0.3, 0.4) is 0 Å². The van der Waals surface area contributed by atoms with Crippen LogP contribution >= 0.6 is 11.6 Å². The minimum atomic E-state index is -0.692. The Bertz CT molecular complexity index is 652. The third kappa shape index (κ3) is 2.29. The molecule has 1 aromatic heterocycles. The number of rotatable bonds is 2. The Morgan fingerprint density at radius 3 is 2.61 bits per heavy atom. The van der Waals surface area contributed by atoms with Gasteiger partial charge in [-0.3, -0.25) is 4.79 Å². The first-order chi connectivity index (χ1) is 8.52. The van der Waals surface area contributed by atoms with Gasteiger partial charge in [0.25, 0.3) is 0 Å². The molecule has 0 saturated heterocycles. The second-order valence-electron chi connectivity index (χ2n) is 3.90. The fourth-order valence-corrected chi connectivity index (χ4v) is 1.91. The number of halogens is 3. The summed E-state index contributed by atoms with van der Waals surface area (Å²) in [6.07, 6.45) is 1.47. The van der Waals surface area contributed by atoms with Gasteiger partial charge in [0.2, 0.25) is 0 Å². The zero-order valence-corrected chi connectivity index (χ0v) is 10.3. The Kier molecular flexibility index (Phi) is 3.48. The van der Waals surface area contributed by atoms with Crippen LogP contribution in [0.15, 0.2) is 35.3 Å². The monoisotopic (exact) mass is 269 g/mol. The molecule has 2 nitrogen and oxygen atoms in total. The van der Waals surface area contributed by atoms with E-state index < -0.39 is 11.6 Å². The molecule has 5 heteroatoms. The number of nitrogens with zero attached hydrogens (tertiary/aromatic N) is 1. The molecule has 0 amide bonds. The molecule has 0 fully saturated rings. The molecule has 0 aliphatic carbocycles. The van der Waals surface area contributed by atoms with Crippen molar-refractivity contribution in [3.63, 3.8) is 0 Å². The number of aromatic nitrogens is 1. The Morgan fingerprint density at radius 1 is 1.28 bits per heavy atom. The summed E-state index contributed by atoms with van der Waals surface area (Å²) in [5, 5.41) is 0. The summed E-state index contributed by atoms with van der Waals surface area (Å²) >= 11 is 5.64. The summed E-state index contributed by atoms with van der Waals surface area (Å²) in [7, 11) is 0. The maximum atomic E-state index is 13.7. The molecule has 0 atom stereocenters. The van der Waals surface area contributed by atoms with E-state index in [-0.39, 0.29) is 17.0 Å². The number of hydrogen-bond donors (Lipinski definition) is 0. The minimum Gasteiger partial charge on any atom is -0.318 e. The van der Waals surface area contributed by atoms with E-state index in [2.05, 4.69) is 0 Å². The average molecular weight is 270 g/mol. The highest BCUT2D eigenvalue weighted by atomic mass is 35.5. The molecule has 0 N–H and O–H groups in total. The van der Waals surface area contributed by atoms with E-state index in [9.17, 15) is 13.6 Å². The van der Waals surface area contributed by atoms with E-state index in [0.29, 0.717) is 11.3 Å². The Hall–Kier alpha value is -1.68. The van der Waals surface area contributed by atoms with Gasteiger partial charge in [0, 0.05) is 29.6 Å². The van der Waals surface area contributed by atoms with Crippen LogP contribution in [0.4, 0.5) is 8.78 Å².